The Labute approximate surface area is 413 Å². The van der Waals surface area contributed by atoms with Crippen molar-refractivity contribution in [2.24, 2.45) is 0 Å². The van der Waals surface area contributed by atoms with Crippen LogP contribution in [-0.4, -0.2) is 81.1 Å². The molecule has 0 radical (unpaired) electrons. The molecule has 0 spiro atoms. The molecule has 4 aromatic carbocycles. The number of aromatic amines is 2. The van der Waals surface area contributed by atoms with Crippen LogP contribution in [0.25, 0.3) is 90.9 Å². The Morgan fingerprint density at radius 1 is 0.458 bits per heavy atom. The molecule has 14 nitrogen and oxygen atoms in total. The summed E-state index contributed by atoms with van der Waals surface area (Å²) in [6.07, 6.45) is 1.00. The molecule has 10 rings (SSSR count). The van der Waals surface area contributed by atoms with Gasteiger partial charge in [-0.1, -0.05) is 109 Å². The molecule has 2 N–H and O–H groups in total. The second-order valence-electron chi connectivity index (χ2n) is 17.3. The number of carbonyl (C=O) groups is 4. The number of H-pyrrole nitrogens is 2. The van der Waals surface area contributed by atoms with Crippen LogP contribution in [0, 0.1) is 0 Å². The van der Waals surface area contributed by atoms with Crippen LogP contribution in [0.5, 0.6) is 5.75 Å². The summed E-state index contributed by atoms with van der Waals surface area (Å²) in [7, 11) is 0. The normalized spacial score (nSPS) is 18.0. The van der Waals surface area contributed by atoms with Crippen LogP contribution in [0.3, 0.4) is 0 Å². The van der Waals surface area contributed by atoms with Crippen molar-refractivity contribution >= 4 is 70.2 Å². The Kier molecular flexibility index (Phi) is 13.2. The third kappa shape index (κ3) is 9.67. The van der Waals surface area contributed by atoms with Gasteiger partial charge in [0.1, 0.15) is 18.5 Å². The second kappa shape index (κ2) is 20.2. The molecule has 1 fully saturated rings. The van der Waals surface area contributed by atoms with Crippen LogP contribution in [0.1, 0.15) is 50.5 Å². The van der Waals surface area contributed by atoms with Crippen molar-refractivity contribution in [1.29, 1.82) is 0 Å². The number of ether oxygens (including phenoxy) is 6. The lowest BCUT2D eigenvalue weighted by atomic mass is 9.97. The first kappa shape index (κ1) is 46.8. The Hall–Kier alpha value is -8.88. The van der Waals surface area contributed by atoms with E-state index >= 15 is 0 Å². The fourth-order valence-corrected chi connectivity index (χ4v) is 9.40. The average Bonchev–Trinajstić information content (AvgIpc) is 4.23. The minimum absolute atomic E-state index is 0.253. The number of rotatable bonds is 11. The van der Waals surface area contributed by atoms with Crippen LogP contribution >= 0.6 is 0 Å². The molecular formula is C58H48N4O10. The van der Waals surface area contributed by atoms with E-state index in [4.69, 9.17) is 38.4 Å². The van der Waals surface area contributed by atoms with E-state index < -0.39 is 61.2 Å². The molecule has 1 saturated heterocycles. The minimum atomic E-state index is -1.51. The predicted molar refractivity (Wildman–Crippen MR) is 273 cm³/mol. The van der Waals surface area contributed by atoms with Gasteiger partial charge < -0.3 is 38.4 Å². The van der Waals surface area contributed by atoms with Crippen LogP contribution in [-0.2, 0) is 42.9 Å². The zero-order chi connectivity index (χ0) is 49.9. The Balaban J connectivity index is 1.24. The number of hydrogen-bond donors (Lipinski definition) is 2. The van der Waals surface area contributed by atoms with Gasteiger partial charge >= 0.3 is 23.9 Å². The maximum absolute atomic E-state index is 12.8. The van der Waals surface area contributed by atoms with Gasteiger partial charge in [0.25, 0.3) is 0 Å². The number of carbonyl (C=O) groups excluding carboxylic acids is 4. The summed E-state index contributed by atoms with van der Waals surface area (Å²) in [6, 6.07) is 45.7. The number of hydrogen-bond acceptors (Lipinski definition) is 12. The lowest BCUT2D eigenvalue weighted by Gasteiger charge is -2.44. The summed E-state index contributed by atoms with van der Waals surface area (Å²) in [6.45, 7) is 4.31. The average molecular weight is 961 g/mol. The fourth-order valence-electron chi connectivity index (χ4n) is 9.40. The maximum atomic E-state index is 12.8. The first-order chi connectivity index (χ1) is 35.0. The van der Waals surface area contributed by atoms with E-state index in [2.05, 4.69) is 58.5 Å². The molecule has 0 saturated carbocycles. The minimum Gasteiger partial charge on any atom is -0.463 e. The monoisotopic (exact) mass is 960 g/mol. The summed E-state index contributed by atoms with van der Waals surface area (Å²) in [5.41, 5.74) is 12.6. The number of esters is 4. The quantitative estimate of drug-likeness (QED) is 0.0926. The highest BCUT2D eigenvalue weighted by molar-refractivity contribution is 6.00. The van der Waals surface area contributed by atoms with E-state index in [0.29, 0.717) is 28.0 Å². The van der Waals surface area contributed by atoms with Crippen molar-refractivity contribution in [3.8, 4) is 50.3 Å². The van der Waals surface area contributed by atoms with E-state index in [1.54, 1.807) is 12.1 Å². The van der Waals surface area contributed by atoms with E-state index in [9.17, 15) is 19.2 Å². The van der Waals surface area contributed by atoms with Crippen LogP contribution in [0.15, 0.2) is 140 Å². The van der Waals surface area contributed by atoms with E-state index in [0.717, 1.165) is 61.3 Å². The van der Waals surface area contributed by atoms with Gasteiger partial charge in [-0.15, -0.1) is 0 Å². The molecule has 0 unspecified atom stereocenters. The van der Waals surface area contributed by atoms with Gasteiger partial charge in [0.2, 0.25) is 12.4 Å². The number of benzene rings is 4. The molecule has 360 valence electrons. The van der Waals surface area contributed by atoms with Crippen LogP contribution < -0.4 is 4.74 Å². The van der Waals surface area contributed by atoms with Gasteiger partial charge in [-0.05, 0) is 71.3 Å². The summed E-state index contributed by atoms with van der Waals surface area (Å²) in [5.74, 6) is -2.65. The molecular weight excluding hydrogens is 913 g/mol. The lowest BCUT2D eigenvalue weighted by molar-refractivity contribution is -0.288. The van der Waals surface area contributed by atoms with E-state index in [1.807, 2.05) is 103 Å². The lowest BCUT2D eigenvalue weighted by Crippen LogP contribution is -2.63. The van der Waals surface area contributed by atoms with Crippen molar-refractivity contribution in [2.45, 2.75) is 58.4 Å². The van der Waals surface area contributed by atoms with E-state index in [1.165, 1.54) is 27.7 Å². The zero-order valence-corrected chi connectivity index (χ0v) is 39.7. The molecule has 3 aromatic heterocycles. The molecule has 8 bridgehead atoms. The summed E-state index contributed by atoms with van der Waals surface area (Å²) in [4.78, 5) is 68.4. The number of para-hydroxylation sites is 1. The number of aromatic nitrogens is 4. The maximum Gasteiger partial charge on any atom is 0.303 e. The summed E-state index contributed by atoms with van der Waals surface area (Å²) in [5, 5.41) is 0. The van der Waals surface area contributed by atoms with Crippen molar-refractivity contribution in [1.82, 2.24) is 19.9 Å². The van der Waals surface area contributed by atoms with Crippen molar-refractivity contribution in [3.63, 3.8) is 0 Å². The van der Waals surface area contributed by atoms with Crippen molar-refractivity contribution in [2.75, 3.05) is 6.61 Å². The van der Waals surface area contributed by atoms with E-state index in [-0.39, 0.29) is 5.75 Å². The third-order valence-electron chi connectivity index (χ3n) is 12.3. The highest BCUT2D eigenvalue weighted by atomic mass is 16.7. The largest absolute Gasteiger partial charge is 0.463 e. The number of nitrogens with zero attached hydrogens (tertiary/aromatic N) is 2. The highest BCUT2D eigenvalue weighted by Gasteiger charge is 2.53. The van der Waals surface area contributed by atoms with Gasteiger partial charge in [-0.25, -0.2) is 9.97 Å². The second-order valence-corrected chi connectivity index (χ2v) is 17.3. The zero-order valence-electron chi connectivity index (χ0n) is 39.7. The van der Waals surface area contributed by atoms with Crippen LogP contribution in [0.4, 0.5) is 0 Å². The molecule has 14 heteroatoms. The number of fused-ring (bicyclic) bond motifs is 8. The Morgan fingerprint density at radius 3 is 1.29 bits per heavy atom. The summed E-state index contributed by atoms with van der Waals surface area (Å²) >= 11 is 0. The Bertz CT molecular complexity index is 3420. The van der Waals surface area contributed by atoms with Gasteiger partial charge in [0, 0.05) is 77.6 Å². The SMILES string of the molecule is CC(=O)OC[C@H]1O[C@@H](Oc2ccccc2-c2c3nc(c(-c4ccccc4)c4ccc([nH]4)c(-c4ccccc4)c4nc(c(-c5ccccc5)c5ccc2[nH]5)C=C4)C=C3)[C@H](OC(C)=O)[C@@H](OC(C)=O)[C@@H]1OC(C)=O. The third-order valence-corrected chi connectivity index (χ3v) is 12.3. The molecule has 6 heterocycles. The standard InChI is InChI=1S/C58H48N4O10/c1-33(63)67-32-50-55(68-34(2)64)56(69-35(3)65)57(70-36(4)66)58(72-50)71-49-23-15-14-22-40(49)54-47-30-28-45(61-47)52(38-18-10-6-11-19-38)43-26-24-41(59-43)51(37-16-8-5-9-17-37)42-25-27-44(60-42)53(39-20-12-7-13-21-39)46-29-31-48(54)62-46/h5-31,50,55-59,62H,32H2,1-4H3/t50-,55-,56+,57-,58-/m1/s1. The highest BCUT2D eigenvalue weighted by Crippen LogP contribution is 2.42. The topological polar surface area (TPSA) is 181 Å². The smallest absolute Gasteiger partial charge is 0.303 e. The molecule has 0 aliphatic carbocycles. The van der Waals surface area contributed by atoms with Crippen molar-refractivity contribution in [3.05, 3.63) is 162 Å². The van der Waals surface area contributed by atoms with Crippen LogP contribution in [0.2, 0.25) is 0 Å². The Morgan fingerprint density at radius 2 is 0.847 bits per heavy atom. The van der Waals surface area contributed by atoms with Gasteiger partial charge in [-0.3, -0.25) is 19.2 Å². The molecule has 7 aromatic rings. The molecule has 72 heavy (non-hydrogen) atoms. The molecule has 0 amide bonds. The fraction of sp³-hybridized carbons (Fsp3) is 0.172. The predicted octanol–water partition coefficient (Wildman–Crippen LogP) is 10.8. The number of nitrogens with one attached hydrogen (secondary N) is 2. The van der Waals surface area contributed by atoms with Crippen molar-refractivity contribution < 1.29 is 47.6 Å². The first-order valence-corrected chi connectivity index (χ1v) is 23.4. The molecule has 3 aliphatic rings. The first-order valence-electron chi connectivity index (χ1n) is 23.4. The van der Waals surface area contributed by atoms with Gasteiger partial charge in [-0.2, -0.15) is 0 Å². The molecule has 3 aliphatic heterocycles. The molecule has 5 atom stereocenters. The summed E-state index contributed by atoms with van der Waals surface area (Å²) < 4.78 is 35.7. The van der Waals surface area contributed by atoms with Gasteiger partial charge in [0.15, 0.2) is 12.2 Å². The van der Waals surface area contributed by atoms with Gasteiger partial charge in [0.05, 0.1) is 22.8 Å².